The number of carbonyl (C=O) groups excluding carboxylic acids is 1. The highest BCUT2D eigenvalue weighted by Gasteiger charge is 2.23. The second-order valence-electron chi connectivity index (χ2n) is 4.45. The summed E-state index contributed by atoms with van der Waals surface area (Å²) in [5.41, 5.74) is 4.04. The maximum absolute atomic E-state index is 12.2. The Bertz CT molecular complexity index is 397. The number of hydrazine groups is 1. The minimum absolute atomic E-state index is 0.0770. The van der Waals surface area contributed by atoms with Crippen LogP contribution < -0.4 is 11.3 Å². The Morgan fingerprint density at radius 2 is 1.94 bits per heavy atom. The van der Waals surface area contributed by atoms with Crippen molar-refractivity contribution in [2.75, 3.05) is 25.6 Å². The van der Waals surface area contributed by atoms with Gasteiger partial charge in [0.2, 0.25) is 0 Å². The average molecular weight is 249 g/mol. The lowest BCUT2D eigenvalue weighted by molar-refractivity contribution is 0.0351. The molecule has 98 valence electrons. The van der Waals surface area contributed by atoms with Gasteiger partial charge < -0.3 is 15.1 Å². The van der Waals surface area contributed by atoms with E-state index in [1.165, 1.54) is 0 Å². The number of nitrogens with two attached hydrogens (primary N) is 1. The molecule has 5 nitrogen and oxygen atoms in total. The number of nitrogen functional groups attached to an aromatic ring is 1. The molecule has 0 saturated carbocycles. The number of piperidine rings is 1. The molecule has 3 N–H and O–H groups in total. The fourth-order valence-corrected chi connectivity index (χ4v) is 2.19. The first-order valence-electron chi connectivity index (χ1n) is 6.13. The largest absolute Gasteiger partial charge is 0.381 e. The lowest BCUT2D eigenvalue weighted by Gasteiger charge is -2.31. The van der Waals surface area contributed by atoms with E-state index in [9.17, 15) is 4.79 Å². The average Bonchev–Trinajstić information content (AvgIpc) is 2.47. The molecule has 0 spiro atoms. The molecule has 0 atom stereocenters. The first kappa shape index (κ1) is 12.9. The first-order chi connectivity index (χ1) is 8.74. The molecule has 1 aliphatic heterocycles. The normalized spacial score (nSPS) is 16.7. The van der Waals surface area contributed by atoms with Crippen LogP contribution in [0.5, 0.6) is 0 Å². The van der Waals surface area contributed by atoms with Crippen molar-refractivity contribution in [2.24, 2.45) is 5.84 Å². The zero-order valence-electron chi connectivity index (χ0n) is 10.6. The number of rotatable bonds is 3. The van der Waals surface area contributed by atoms with Crippen LogP contribution in [0.1, 0.15) is 23.2 Å². The Balaban J connectivity index is 1.98. The lowest BCUT2D eigenvalue weighted by atomic mass is 10.1. The van der Waals surface area contributed by atoms with Crippen LogP contribution in [0.25, 0.3) is 0 Å². The fourth-order valence-electron chi connectivity index (χ4n) is 2.19. The van der Waals surface area contributed by atoms with Gasteiger partial charge in [0.1, 0.15) is 0 Å². The molecule has 1 aliphatic rings. The maximum Gasteiger partial charge on any atom is 0.253 e. The molecule has 0 unspecified atom stereocenters. The molecule has 1 saturated heterocycles. The number of ether oxygens (including phenoxy) is 1. The molecule has 18 heavy (non-hydrogen) atoms. The second-order valence-corrected chi connectivity index (χ2v) is 4.45. The third-order valence-corrected chi connectivity index (χ3v) is 3.36. The summed E-state index contributed by atoms with van der Waals surface area (Å²) in [6, 6.07) is 7.18. The van der Waals surface area contributed by atoms with E-state index in [4.69, 9.17) is 10.6 Å². The monoisotopic (exact) mass is 249 g/mol. The topological polar surface area (TPSA) is 67.6 Å². The highest BCUT2D eigenvalue weighted by molar-refractivity contribution is 5.94. The van der Waals surface area contributed by atoms with Gasteiger partial charge in [-0.15, -0.1) is 0 Å². The van der Waals surface area contributed by atoms with E-state index >= 15 is 0 Å². The number of hydrogen-bond acceptors (Lipinski definition) is 4. The van der Waals surface area contributed by atoms with Crippen LogP contribution in [-0.4, -0.2) is 37.1 Å². The molecule has 0 bridgehead atoms. The molecule has 1 aromatic rings. The molecule has 5 heteroatoms. The molecule has 1 heterocycles. The standard InChI is InChI=1S/C13H19N3O2/c1-18-12-6-8-16(9-7-12)13(17)10-2-4-11(15-14)5-3-10/h2-5,12,15H,6-9,14H2,1H3. The molecule has 0 aliphatic carbocycles. The predicted molar refractivity (Wildman–Crippen MR) is 70.2 cm³/mol. The van der Waals surface area contributed by atoms with Crippen molar-refractivity contribution in [3.8, 4) is 0 Å². The Morgan fingerprint density at radius 1 is 1.33 bits per heavy atom. The van der Waals surface area contributed by atoms with E-state index < -0.39 is 0 Å². The third kappa shape index (κ3) is 2.80. The van der Waals surface area contributed by atoms with E-state index in [-0.39, 0.29) is 12.0 Å². The summed E-state index contributed by atoms with van der Waals surface area (Å²) in [7, 11) is 1.72. The molecular formula is C13H19N3O2. The van der Waals surface area contributed by atoms with Crippen molar-refractivity contribution in [2.45, 2.75) is 18.9 Å². The highest BCUT2D eigenvalue weighted by atomic mass is 16.5. The van der Waals surface area contributed by atoms with Crippen molar-refractivity contribution < 1.29 is 9.53 Å². The first-order valence-corrected chi connectivity index (χ1v) is 6.13. The number of benzene rings is 1. The van der Waals surface area contributed by atoms with E-state index in [0.717, 1.165) is 31.6 Å². The van der Waals surface area contributed by atoms with Gasteiger partial charge in [0.05, 0.1) is 6.10 Å². The SMILES string of the molecule is COC1CCN(C(=O)c2ccc(NN)cc2)CC1. The Morgan fingerprint density at radius 3 is 2.44 bits per heavy atom. The number of anilines is 1. The van der Waals surface area contributed by atoms with Crippen LogP contribution in [0.4, 0.5) is 5.69 Å². The summed E-state index contributed by atoms with van der Waals surface area (Å²) in [6.45, 7) is 1.52. The molecule has 1 amide bonds. The lowest BCUT2D eigenvalue weighted by Crippen LogP contribution is -2.40. The molecule has 1 fully saturated rings. The minimum atomic E-state index is 0.0770. The van der Waals surface area contributed by atoms with Crippen LogP contribution >= 0.6 is 0 Å². The second kappa shape index (κ2) is 5.84. The zero-order chi connectivity index (χ0) is 13.0. The smallest absolute Gasteiger partial charge is 0.253 e. The van der Waals surface area contributed by atoms with Gasteiger partial charge in [-0.2, -0.15) is 0 Å². The van der Waals surface area contributed by atoms with Gasteiger partial charge in [0.25, 0.3) is 5.91 Å². The summed E-state index contributed by atoms with van der Waals surface area (Å²) in [6.07, 6.45) is 2.10. The predicted octanol–water partition coefficient (Wildman–Crippen LogP) is 1.22. The van der Waals surface area contributed by atoms with Crippen molar-refractivity contribution in [3.05, 3.63) is 29.8 Å². The fraction of sp³-hybridized carbons (Fsp3) is 0.462. The molecule has 0 aromatic heterocycles. The van der Waals surface area contributed by atoms with Crippen LogP contribution in [0, 0.1) is 0 Å². The van der Waals surface area contributed by atoms with E-state index in [2.05, 4.69) is 5.43 Å². The van der Waals surface area contributed by atoms with Gasteiger partial charge in [0.15, 0.2) is 0 Å². The van der Waals surface area contributed by atoms with Crippen molar-refractivity contribution in [1.82, 2.24) is 4.90 Å². The number of carbonyl (C=O) groups is 1. The van der Waals surface area contributed by atoms with Gasteiger partial charge in [-0.05, 0) is 37.1 Å². The van der Waals surface area contributed by atoms with Gasteiger partial charge in [-0.1, -0.05) is 0 Å². The van der Waals surface area contributed by atoms with Gasteiger partial charge in [0, 0.05) is 31.5 Å². The number of nitrogens with zero attached hydrogens (tertiary/aromatic N) is 1. The number of amides is 1. The van der Waals surface area contributed by atoms with E-state index in [1.54, 1.807) is 31.4 Å². The number of methoxy groups -OCH3 is 1. The van der Waals surface area contributed by atoms with Crippen LogP contribution in [0.2, 0.25) is 0 Å². The van der Waals surface area contributed by atoms with Crippen molar-refractivity contribution >= 4 is 11.6 Å². The van der Waals surface area contributed by atoms with Crippen molar-refractivity contribution in [3.63, 3.8) is 0 Å². The van der Waals surface area contributed by atoms with Crippen molar-refractivity contribution in [1.29, 1.82) is 0 Å². The Kier molecular flexibility index (Phi) is 4.17. The Labute approximate surface area is 107 Å². The number of likely N-dealkylation sites (tertiary alicyclic amines) is 1. The summed E-state index contributed by atoms with van der Waals surface area (Å²) in [4.78, 5) is 14.1. The van der Waals surface area contributed by atoms with Gasteiger partial charge in [-0.25, -0.2) is 0 Å². The summed E-state index contributed by atoms with van der Waals surface area (Å²) in [5.74, 6) is 5.37. The van der Waals surface area contributed by atoms with E-state index in [0.29, 0.717) is 5.56 Å². The molecular weight excluding hydrogens is 230 g/mol. The quantitative estimate of drug-likeness (QED) is 0.624. The molecule has 0 radical (unpaired) electrons. The molecule has 2 rings (SSSR count). The Hall–Kier alpha value is -1.59. The van der Waals surface area contributed by atoms with Crippen LogP contribution in [0.3, 0.4) is 0 Å². The summed E-state index contributed by atoms with van der Waals surface area (Å²) >= 11 is 0. The summed E-state index contributed by atoms with van der Waals surface area (Å²) < 4.78 is 5.30. The minimum Gasteiger partial charge on any atom is -0.381 e. The van der Waals surface area contributed by atoms with E-state index in [1.807, 2.05) is 4.90 Å². The highest BCUT2D eigenvalue weighted by Crippen LogP contribution is 2.16. The maximum atomic E-state index is 12.2. The van der Waals surface area contributed by atoms with Gasteiger partial charge >= 0.3 is 0 Å². The number of hydrogen-bond donors (Lipinski definition) is 2. The van der Waals surface area contributed by atoms with Crippen LogP contribution in [-0.2, 0) is 4.74 Å². The molecule has 1 aromatic carbocycles. The van der Waals surface area contributed by atoms with Crippen LogP contribution in [0.15, 0.2) is 24.3 Å². The summed E-state index contributed by atoms with van der Waals surface area (Å²) in [5, 5.41) is 0. The van der Waals surface area contributed by atoms with Gasteiger partial charge in [-0.3, -0.25) is 10.6 Å². The zero-order valence-corrected chi connectivity index (χ0v) is 10.6. The number of nitrogens with one attached hydrogen (secondary N) is 1. The third-order valence-electron chi connectivity index (χ3n) is 3.36.